The number of nitrogens with one attached hydrogen (secondary N) is 1. The maximum absolute atomic E-state index is 12.2. The standard InChI is InChI=1S/C15H22BrNO4S/c1-12-5-6-15(14(16)10-12)22(18,19)17-7-3-8-20-11-13-4-2-9-21-13/h5-6,10,13,17H,2-4,7-9,11H2,1H3. The van der Waals surface area contributed by atoms with Crippen molar-refractivity contribution in [3.05, 3.63) is 28.2 Å². The number of benzene rings is 1. The molecular formula is C15H22BrNO4S. The van der Waals surface area contributed by atoms with Crippen LogP contribution in [0.4, 0.5) is 0 Å². The molecule has 1 aliphatic rings. The van der Waals surface area contributed by atoms with Crippen LogP contribution >= 0.6 is 15.9 Å². The van der Waals surface area contributed by atoms with Crippen LogP contribution in [0, 0.1) is 6.92 Å². The Morgan fingerprint density at radius 3 is 2.95 bits per heavy atom. The first-order chi connectivity index (χ1) is 10.5. The van der Waals surface area contributed by atoms with E-state index in [0.717, 1.165) is 25.0 Å². The third-order valence-electron chi connectivity index (χ3n) is 3.46. The lowest BCUT2D eigenvalue weighted by atomic mass is 10.2. The van der Waals surface area contributed by atoms with Crippen LogP contribution < -0.4 is 4.72 Å². The predicted octanol–water partition coefficient (Wildman–Crippen LogP) is 2.62. The average molecular weight is 392 g/mol. The van der Waals surface area contributed by atoms with Gasteiger partial charge in [0, 0.05) is 24.2 Å². The van der Waals surface area contributed by atoms with Gasteiger partial charge in [0.1, 0.15) is 0 Å². The van der Waals surface area contributed by atoms with Gasteiger partial charge in [-0.2, -0.15) is 0 Å². The van der Waals surface area contributed by atoms with Gasteiger partial charge in [0.25, 0.3) is 0 Å². The molecule has 124 valence electrons. The van der Waals surface area contributed by atoms with Crippen LogP contribution in [-0.2, 0) is 19.5 Å². The second-order valence-electron chi connectivity index (χ2n) is 5.40. The molecule has 0 saturated carbocycles. The van der Waals surface area contributed by atoms with Crippen molar-refractivity contribution in [3.8, 4) is 0 Å². The van der Waals surface area contributed by atoms with Crippen molar-refractivity contribution in [1.29, 1.82) is 0 Å². The van der Waals surface area contributed by atoms with Gasteiger partial charge in [0.15, 0.2) is 0 Å². The first-order valence-electron chi connectivity index (χ1n) is 7.44. The lowest BCUT2D eigenvalue weighted by Crippen LogP contribution is -2.26. The first-order valence-corrected chi connectivity index (χ1v) is 9.72. The van der Waals surface area contributed by atoms with Crippen molar-refractivity contribution < 1.29 is 17.9 Å². The van der Waals surface area contributed by atoms with E-state index in [1.165, 1.54) is 0 Å². The van der Waals surface area contributed by atoms with Crippen LogP contribution in [0.15, 0.2) is 27.6 Å². The summed E-state index contributed by atoms with van der Waals surface area (Å²) in [6, 6.07) is 5.18. The van der Waals surface area contributed by atoms with Gasteiger partial charge in [-0.05, 0) is 59.8 Å². The Hall–Kier alpha value is -0.470. The van der Waals surface area contributed by atoms with E-state index in [4.69, 9.17) is 9.47 Å². The van der Waals surface area contributed by atoms with E-state index >= 15 is 0 Å². The number of halogens is 1. The number of hydrogen-bond acceptors (Lipinski definition) is 4. The molecule has 1 fully saturated rings. The van der Waals surface area contributed by atoms with Crippen molar-refractivity contribution in [3.63, 3.8) is 0 Å². The van der Waals surface area contributed by atoms with Gasteiger partial charge in [0.05, 0.1) is 17.6 Å². The van der Waals surface area contributed by atoms with Gasteiger partial charge in [-0.15, -0.1) is 0 Å². The summed E-state index contributed by atoms with van der Waals surface area (Å²) in [4.78, 5) is 0.262. The third-order valence-corrected chi connectivity index (χ3v) is 5.90. The summed E-state index contributed by atoms with van der Waals surface area (Å²) in [7, 11) is -3.49. The van der Waals surface area contributed by atoms with E-state index < -0.39 is 10.0 Å². The van der Waals surface area contributed by atoms with E-state index in [9.17, 15) is 8.42 Å². The van der Waals surface area contributed by atoms with Gasteiger partial charge < -0.3 is 9.47 Å². The smallest absolute Gasteiger partial charge is 0.241 e. The molecule has 2 rings (SSSR count). The van der Waals surface area contributed by atoms with Crippen molar-refractivity contribution >= 4 is 26.0 Å². The fourth-order valence-corrected chi connectivity index (χ4v) is 4.54. The fraction of sp³-hybridized carbons (Fsp3) is 0.600. The van der Waals surface area contributed by atoms with Crippen LogP contribution in [0.2, 0.25) is 0 Å². The molecule has 5 nitrogen and oxygen atoms in total. The molecule has 1 unspecified atom stereocenters. The van der Waals surface area contributed by atoms with Crippen LogP contribution in [0.25, 0.3) is 0 Å². The minimum absolute atomic E-state index is 0.209. The van der Waals surface area contributed by atoms with Gasteiger partial charge >= 0.3 is 0 Å². The molecule has 0 amide bonds. The maximum atomic E-state index is 12.2. The number of aryl methyl sites for hydroxylation is 1. The van der Waals surface area contributed by atoms with Crippen molar-refractivity contribution in [1.82, 2.24) is 4.72 Å². The zero-order valence-electron chi connectivity index (χ0n) is 12.7. The van der Waals surface area contributed by atoms with E-state index in [-0.39, 0.29) is 11.0 Å². The number of rotatable bonds is 8. The number of hydrogen-bond donors (Lipinski definition) is 1. The van der Waals surface area contributed by atoms with Crippen molar-refractivity contribution in [2.75, 3.05) is 26.4 Å². The molecule has 1 saturated heterocycles. The molecular weight excluding hydrogens is 370 g/mol. The van der Waals surface area contributed by atoms with E-state index in [2.05, 4.69) is 20.7 Å². The van der Waals surface area contributed by atoms with Gasteiger partial charge in [-0.3, -0.25) is 0 Å². The molecule has 0 radical (unpaired) electrons. The molecule has 1 heterocycles. The fourth-order valence-electron chi connectivity index (χ4n) is 2.27. The summed E-state index contributed by atoms with van der Waals surface area (Å²) in [6.45, 7) is 4.21. The molecule has 0 aliphatic carbocycles. The Labute approximate surface area is 140 Å². The first kappa shape index (κ1) is 17.9. The van der Waals surface area contributed by atoms with E-state index in [0.29, 0.717) is 30.7 Å². The third kappa shape index (κ3) is 5.31. The highest BCUT2D eigenvalue weighted by molar-refractivity contribution is 9.10. The second kappa shape index (κ2) is 8.40. The molecule has 1 aromatic carbocycles. The molecule has 1 atom stereocenters. The number of sulfonamides is 1. The summed E-state index contributed by atoms with van der Waals surface area (Å²) < 4.78 is 38.5. The second-order valence-corrected chi connectivity index (χ2v) is 7.98. The number of ether oxygens (including phenoxy) is 2. The molecule has 1 N–H and O–H groups in total. The molecule has 7 heteroatoms. The quantitative estimate of drug-likeness (QED) is 0.691. The topological polar surface area (TPSA) is 64.6 Å². The molecule has 0 spiro atoms. The predicted molar refractivity (Wildman–Crippen MR) is 88.5 cm³/mol. The molecule has 0 aromatic heterocycles. The van der Waals surface area contributed by atoms with Crippen molar-refractivity contribution in [2.45, 2.75) is 37.2 Å². The Balaban J connectivity index is 1.71. The van der Waals surface area contributed by atoms with Crippen LogP contribution in [0.1, 0.15) is 24.8 Å². The zero-order chi connectivity index (χ0) is 16.0. The highest BCUT2D eigenvalue weighted by atomic mass is 79.9. The highest BCUT2D eigenvalue weighted by Crippen LogP contribution is 2.22. The molecule has 22 heavy (non-hydrogen) atoms. The largest absolute Gasteiger partial charge is 0.379 e. The van der Waals surface area contributed by atoms with Gasteiger partial charge in [-0.25, -0.2) is 13.1 Å². The summed E-state index contributed by atoms with van der Waals surface area (Å²) in [5.74, 6) is 0. The molecule has 1 aromatic rings. The lowest BCUT2D eigenvalue weighted by molar-refractivity contribution is 0.0169. The van der Waals surface area contributed by atoms with Crippen molar-refractivity contribution in [2.24, 2.45) is 0 Å². The summed E-state index contributed by atoms with van der Waals surface area (Å²) in [5, 5.41) is 0. The Bertz CT molecular complexity index is 585. The summed E-state index contributed by atoms with van der Waals surface area (Å²) >= 11 is 3.30. The Morgan fingerprint density at radius 1 is 1.45 bits per heavy atom. The van der Waals surface area contributed by atoms with Crippen LogP contribution in [0.3, 0.4) is 0 Å². The van der Waals surface area contributed by atoms with Gasteiger partial charge in [0.2, 0.25) is 10.0 Å². The summed E-state index contributed by atoms with van der Waals surface area (Å²) in [5.41, 5.74) is 1.01. The van der Waals surface area contributed by atoms with Gasteiger partial charge in [-0.1, -0.05) is 6.07 Å². The normalized spacial score (nSPS) is 18.7. The molecule has 0 bridgehead atoms. The average Bonchev–Trinajstić information content (AvgIpc) is 2.95. The van der Waals surface area contributed by atoms with E-state index in [1.807, 2.05) is 6.92 Å². The minimum atomic E-state index is -3.49. The zero-order valence-corrected chi connectivity index (χ0v) is 15.1. The lowest BCUT2D eigenvalue weighted by Gasteiger charge is -2.11. The monoisotopic (exact) mass is 391 g/mol. The Morgan fingerprint density at radius 2 is 2.27 bits per heavy atom. The Kier molecular flexibility index (Phi) is 6.83. The van der Waals surface area contributed by atoms with E-state index in [1.54, 1.807) is 18.2 Å². The minimum Gasteiger partial charge on any atom is -0.379 e. The highest BCUT2D eigenvalue weighted by Gasteiger charge is 2.17. The van der Waals surface area contributed by atoms with Crippen LogP contribution in [-0.4, -0.2) is 40.9 Å². The maximum Gasteiger partial charge on any atom is 0.241 e. The van der Waals surface area contributed by atoms with Crippen LogP contribution in [0.5, 0.6) is 0 Å². The summed E-state index contributed by atoms with van der Waals surface area (Å²) in [6.07, 6.45) is 2.99. The molecule has 1 aliphatic heterocycles. The SMILES string of the molecule is Cc1ccc(S(=O)(=O)NCCCOCC2CCCO2)c(Br)c1.